The van der Waals surface area contributed by atoms with Gasteiger partial charge < -0.3 is 10.9 Å². The third kappa shape index (κ3) is 2.43. The predicted molar refractivity (Wildman–Crippen MR) is 50.9 cm³/mol. The van der Waals surface area contributed by atoms with E-state index in [1.165, 1.54) is 0 Å². The van der Waals surface area contributed by atoms with Crippen LogP contribution in [-0.2, 0) is 0 Å². The quantitative estimate of drug-likeness (QED) is 0.302. The molecule has 1 aromatic carbocycles. The molecule has 4 heteroatoms. The van der Waals surface area contributed by atoms with Gasteiger partial charge in [0, 0.05) is 5.56 Å². The van der Waals surface area contributed by atoms with Crippen molar-refractivity contribution in [3.05, 3.63) is 35.4 Å². The minimum Gasteiger partial charge on any atom is -0.409 e. The summed E-state index contributed by atoms with van der Waals surface area (Å²) in [6, 6.07) is 7.47. The Morgan fingerprint density at radius 3 is 2.67 bits per heavy atom. The third-order valence-electron chi connectivity index (χ3n) is 1.42. The lowest BCUT2D eigenvalue weighted by Crippen LogP contribution is -2.12. The maximum atomic E-state index is 8.34. The molecule has 0 radical (unpaired) electrons. The van der Waals surface area contributed by atoms with Crippen LogP contribution in [0, 0.1) is 6.92 Å². The molecule has 0 bridgehead atoms. The van der Waals surface area contributed by atoms with Crippen LogP contribution in [0.5, 0.6) is 0 Å². The van der Waals surface area contributed by atoms with Gasteiger partial charge in [0.15, 0.2) is 5.84 Å². The summed E-state index contributed by atoms with van der Waals surface area (Å²) in [6.07, 6.45) is 0. The van der Waals surface area contributed by atoms with Crippen molar-refractivity contribution in [3.8, 4) is 0 Å². The summed E-state index contributed by atoms with van der Waals surface area (Å²) in [4.78, 5) is 0. The van der Waals surface area contributed by atoms with Gasteiger partial charge in [-0.2, -0.15) is 0 Å². The van der Waals surface area contributed by atoms with Crippen molar-refractivity contribution in [2.45, 2.75) is 6.92 Å². The number of amidine groups is 1. The second kappa shape index (κ2) is 4.62. The van der Waals surface area contributed by atoms with E-state index < -0.39 is 0 Å². The molecule has 0 amide bonds. The standard InChI is InChI=1S/C8H10N2O.ClH/c1-6-3-2-4-7(5-6)8(9)10-11;/h2-5,11H,1H3,(H2,9,10);1H. The van der Waals surface area contributed by atoms with Crippen molar-refractivity contribution < 1.29 is 5.21 Å². The minimum absolute atomic E-state index is 0. The van der Waals surface area contributed by atoms with Crippen LogP contribution in [-0.4, -0.2) is 11.0 Å². The van der Waals surface area contributed by atoms with Crippen LogP contribution in [0.15, 0.2) is 29.4 Å². The van der Waals surface area contributed by atoms with E-state index in [1.54, 1.807) is 6.07 Å². The molecule has 0 heterocycles. The molecule has 0 aliphatic carbocycles. The van der Waals surface area contributed by atoms with E-state index in [0.29, 0.717) is 0 Å². The fraction of sp³-hybridized carbons (Fsp3) is 0.125. The van der Waals surface area contributed by atoms with E-state index in [-0.39, 0.29) is 18.2 Å². The van der Waals surface area contributed by atoms with Gasteiger partial charge in [0.25, 0.3) is 0 Å². The van der Waals surface area contributed by atoms with Gasteiger partial charge in [-0.1, -0.05) is 28.9 Å². The van der Waals surface area contributed by atoms with E-state index in [1.807, 2.05) is 25.1 Å². The Bertz CT molecular complexity index is 286. The summed E-state index contributed by atoms with van der Waals surface area (Å²) in [7, 11) is 0. The van der Waals surface area contributed by atoms with Gasteiger partial charge in [-0.15, -0.1) is 12.4 Å². The van der Waals surface area contributed by atoms with Crippen molar-refractivity contribution in [3.63, 3.8) is 0 Å². The highest BCUT2D eigenvalue weighted by atomic mass is 35.5. The summed E-state index contributed by atoms with van der Waals surface area (Å²) >= 11 is 0. The average Bonchev–Trinajstić information content (AvgIpc) is 2.03. The van der Waals surface area contributed by atoms with Crippen LogP contribution in [0.1, 0.15) is 11.1 Å². The molecular weight excluding hydrogens is 176 g/mol. The lowest BCUT2D eigenvalue weighted by atomic mass is 10.1. The highest BCUT2D eigenvalue weighted by Crippen LogP contribution is 2.02. The van der Waals surface area contributed by atoms with Crippen LogP contribution in [0.4, 0.5) is 0 Å². The Hall–Kier alpha value is -1.22. The zero-order chi connectivity index (χ0) is 8.27. The normalized spacial score (nSPS) is 10.6. The fourth-order valence-electron chi connectivity index (χ4n) is 0.862. The topological polar surface area (TPSA) is 58.6 Å². The molecule has 1 rings (SSSR count). The Balaban J connectivity index is 0.00000121. The summed E-state index contributed by atoms with van der Waals surface area (Å²) < 4.78 is 0. The van der Waals surface area contributed by atoms with Gasteiger partial charge >= 0.3 is 0 Å². The molecule has 12 heavy (non-hydrogen) atoms. The summed E-state index contributed by atoms with van der Waals surface area (Å²) in [5.41, 5.74) is 7.20. The summed E-state index contributed by atoms with van der Waals surface area (Å²) in [5.74, 6) is 0.147. The molecule has 0 unspecified atom stereocenters. The largest absolute Gasteiger partial charge is 0.409 e. The number of rotatable bonds is 1. The number of hydrogen-bond acceptors (Lipinski definition) is 2. The average molecular weight is 187 g/mol. The second-order valence-electron chi connectivity index (χ2n) is 2.35. The van der Waals surface area contributed by atoms with Gasteiger partial charge in [-0.25, -0.2) is 0 Å². The Morgan fingerprint density at radius 2 is 2.17 bits per heavy atom. The molecule has 0 saturated carbocycles. The van der Waals surface area contributed by atoms with Crippen LogP contribution in [0.25, 0.3) is 0 Å². The zero-order valence-corrected chi connectivity index (χ0v) is 7.51. The molecule has 1 aromatic rings. The van der Waals surface area contributed by atoms with Gasteiger partial charge in [0.1, 0.15) is 0 Å². The maximum absolute atomic E-state index is 8.34. The van der Waals surface area contributed by atoms with E-state index in [4.69, 9.17) is 10.9 Å². The zero-order valence-electron chi connectivity index (χ0n) is 6.69. The number of aryl methyl sites for hydroxylation is 1. The number of hydrogen-bond donors (Lipinski definition) is 2. The fourth-order valence-corrected chi connectivity index (χ4v) is 0.862. The molecule has 66 valence electrons. The highest BCUT2D eigenvalue weighted by molar-refractivity contribution is 5.97. The molecule has 0 fully saturated rings. The van der Waals surface area contributed by atoms with Crippen LogP contribution >= 0.6 is 12.4 Å². The van der Waals surface area contributed by atoms with E-state index in [2.05, 4.69) is 5.16 Å². The van der Waals surface area contributed by atoms with Gasteiger partial charge in [-0.05, 0) is 13.0 Å². The first-order valence-electron chi connectivity index (χ1n) is 3.28. The monoisotopic (exact) mass is 186 g/mol. The number of nitrogens with two attached hydrogens (primary N) is 1. The Kier molecular flexibility index (Phi) is 4.15. The van der Waals surface area contributed by atoms with E-state index in [0.717, 1.165) is 11.1 Å². The minimum atomic E-state index is 0. The van der Waals surface area contributed by atoms with Crippen LogP contribution < -0.4 is 5.73 Å². The maximum Gasteiger partial charge on any atom is 0.170 e. The molecule has 0 spiro atoms. The van der Waals surface area contributed by atoms with Crippen molar-refractivity contribution in [1.29, 1.82) is 0 Å². The summed E-state index contributed by atoms with van der Waals surface area (Å²) in [6.45, 7) is 1.95. The highest BCUT2D eigenvalue weighted by Gasteiger charge is 1.96. The molecular formula is C8H11ClN2O. The first-order chi connectivity index (χ1) is 5.24. The number of benzene rings is 1. The Morgan fingerprint density at radius 1 is 1.50 bits per heavy atom. The first-order valence-corrected chi connectivity index (χ1v) is 3.28. The van der Waals surface area contributed by atoms with Crippen LogP contribution in [0.2, 0.25) is 0 Å². The number of oxime groups is 1. The molecule has 0 saturated heterocycles. The molecule has 3 nitrogen and oxygen atoms in total. The van der Waals surface area contributed by atoms with Crippen molar-refractivity contribution >= 4 is 18.2 Å². The third-order valence-corrected chi connectivity index (χ3v) is 1.42. The second-order valence-corrected chi connectivity index (χ2v) is 2.35. The first kappa shape index (κ1) is 10.8. The van der Waals surface area contributed by atoms with Crippen molar-refractivity contribution in [2.24, 2.45) is 10.9 Å². The predicted octanol–water partition coefficient (Wildman–Crippen LogP) is 1.51. The molecule has 3 N–H and O–H groups in total. The van der Waals surface area contributed by atoms with E-state index >= 15 is 0 Å². The summed E-state index contributed by atoms with van der Waals surface area (Å²) in [5, 5.41) is 11.2. The van der Waals surface area contributed by atoms with Gasteiger partial charge in [0.2, 0.25) is 0 Å². The van der Waals surface area contributed by atoms with Crippen molar-refractivity contribution in [1.82, 2.24) is 0 Å². The lowest BCUT2D eigenvalue weighted by Gasteiger charge is -1.98. The Labute approximate surface area is 77.3 Å². The van der Waals surface area contributed by atoms with Gasteiger partial charge in [-0.3, -0.25) is 0 Å². The number of halogens is 1. The molecule has 0 aliphatic rings. The molecule has 0 aromatic heterocycles. The molecule has 0 aliphatic heterocycles. The SMILES string of the molecule is Cc1cccc(/C(N)=N/O)c1.Cl. The lowest BCUT2D eigenvalue weighted by molar-refractivity contribution is 0.318. The number of nitrogens with zero attached hydrogens (tertiary/aromatic N) is 1. The molecule has 0 atom stereocenters. The van der Waals surface area contributed by atoms with Crippen LogP contribution in [0.3, 0.4) is 0 Å². The van der Waals surface area contributed by atoms with Crippen molar-refractivity contribution in [2.75, 3.05) is 0 Å². The van der Waals surface area contributed by atoms with E-state index in [9.17, 15) is 0 Å². The smallest absolute Gasteiger partial charge is 0.170 e. The van der Waals surface area contributed by atoms with Gasteiger partial charge in [0.05, 0.1) is 0 Å².